The van der Waals surface area contributed by atoms with Crippen LogP contribution in [0.4, 0.5) is 0 Å². The van der Waals surface area contributed by atoms with E-state index >= 15 is 0 Å². The summed E-state index contributed by atoms with van der Waals surface area (Å²) in [6, 6.07) is 12.1. The van der Waals surface area contributed by atoms with Crippen molar-refractivity contribution in [3.63, 3.8) is 0 Å². The number of nitrogens with zero attached hydrogens (tertiary/aromatic N) is 1. The maximum atomic E-state index is 13.4. The Bertz CT molecular complexity index is 1120. The minimum absolute atomic E-state index is 0.0481. The number of aryl methyl sites for hydroxylation is 1. The Morgan fingerprint density at radius 1 is 1.18 bits per heavy atom. The van der Waals surface area contributed by atoms with E-state index in [4.69, 9.17) is 9.15 Å². The first-order valence-corrected chi connectivity index (χ1v) is 9.18. The van der Waals surface area contributed by atoms with E-state index < -0.39 is 6.04 Å². The maximum absolute atomic E-state index is 13.4. The lowest BCUT2D eigenvalue weighted by Crippen LogP contribution is -2.31. The second-order valence-electron chi connectivity index (χ2n) is 6.93. The van der Waals surface area contributed by atoms with Crippen LogP contribution in [0.1, 0.15) is 39.7 Å². The number of hydrogen-bond acceptors (Lipinski definition) is 5. The van der Waals surface area contributed by atoms with Crippen molar-refractivity contribution in [2.75, 3.05) is 20.3 Å². The molecule has 0 unspecified atom stereocenters. The fraction of sp³-hybridized carbons (Fsp3) is 0.273. The summed E-state index contributed by atoms with van der Waals surface area (Å²) >= 11 is 0. The van der Waals surface area contributed by atoms with Crippen LogP contribution >= 0.6 is 0 Å². The Labute approximate surface area is 162 Å². The van der Waals surface area contributed by atoms with E-state index in [-0.39, 0.29) is 23.7 Å². The van der Waals surface area contributed by atoms with Crippen LogP contribution in [0.2, 0.25) is 0 Å². The molecule has 1 atom stereocenters. The molecule has 6 heteroatoms. The molecule has 0 fully saturated rings. The van der Waals surface area contributed by atoms with Crippen LogP contribution in [0.15, 0.2) is 51.7 Å². The van der Waals surface area contributed by atoms with Crippen molar-refractivity contribution in [3.8, 4) is 5.75 Å². The van der Waals surface area contributed by atoms with Gasteiger partial charge in [-0.2, -0.15) is 0 Å². The highest BCUT2D eigenvalue weighted by Crippen LogP contribution is 2.39. The van der Waals surface area contributed by atoms with Crippen LogP contribution in [0, 0.1) is 6.92 Å². The number of methoxy groups -OCH3 is 1. The van der Waals surface area contributed by atoms with Gasteiger partial charge in [0.2, 0.25) is 5.76 Å². The molecule has 1 aromatic heterocycles. The molecule has 0 spiro atoms. The lowest BCUT2D eigenvalue weighted by molar-refractivity contribution is 0.0716. The zero-order valence-corrected chi connectivity index (χ0v) is 15.8. The number of amides is 1. The van der Waals surface area contributed by atoms with Crippen molar-refractivity contribution in [2.45, 2.75) is 19.4 Å². The Hall–Kier alpha value is -3.12. The molecule has 0 saturated heterocycles. The highest BCUT2D eigenvalue weighted by molar-refractivity contribution is 5.99. The minimum atomic E-state index is -0.578. The molecule has 3 aromatic rings. The maximum Gasteiger partial charge on any atom is 0.290 e. The van der Waals surface area contributed by atoms with Gasteiger partial charge in [-0.15, -0.1) is 0 Å². The zero-order chi connectivity index (χ0) is 19.8. The van der Waals surface area contributed by atoms with E-state index in [1.54, 1.807) is 24.1 Å². The summed E-state index contributed by atoms with van der Waals surface area (Å²) in [4.78, 5) is 28.0. The topological polar surface area (TPSA) is 80.0 Å². The molecule has 1 aliphatic rings. The van der Waals surface area contributed by atoms with Gasteiger partial charge in [0.1, 0.15) is 11.3 Å². The van der Waals surface area contributed by atoms with Crippen LogP contribution in [0.3, 0.4) is 0 Å². The van der Waals surface area contributed by atoms with Gasteiger partial charge in [-0.25, -0.2) is 0 Å². The number of carbonyl (C=O) groups excluding carboxylic acids is 1. The summed E-state index contributed by atoms with van der Waals surface area (Å²) in [7, 11) is 1.57. The summed E-state index contributed by atoms with van der Waals surface area (Å²) in [5, 5.41) is 9.73. The quantitative estimate of drug-likeness (QED) is 0.737. The SMILES string of the molecule is COc1cccc([C@H]2c3c(oc4ccc(C)cc4c3=O)C(=O)N2CCCO)c1. The molecule has 0 saturated carbocycles. The summed E-state index contributed by atoms with van der Waals surface area (Å²) < 4.78 is 11.2. The van der Waals surface area contributed by atoms with Gasteiger partial charge in [0.15, 0.2) is 5.43 Å². The Morgan fingerprint density at radius 2 is 2.00 bits per heavy atom. The van der Waals surface area contributed by atoms with Gasteiger partial charge in [-0.05, 0) is 43.2 Å². The fourth-order valence-corrected chi connectivity index (χ4v) is 3.76. The average molecular weight is 379 g/mol. The van der Waals surface area contributed by atoms with Gasteiger partial charge in [-0.3, -0.25) is 9.59 Å². The van der Waals surface area contributed by atoms with Crippen molar-refractivity contribution in [1.82, 2.24) is 4.90 Å². The smallest absolute Gasteiger partial charge is 0.290 e. The zero-order valence-electron chi connectivity index (χ0n) is 15.8. The molecule has 2 aromatic carbocycles. The van der Waals surface area contributed by atoms with Gasteiger partial charge in [0, 0.05) is 13.2 Å². The molecule has 1 amide bonds. The van der Waals surface area contributed by atoms with E-state index in [0.29, 0.717) is 35.2 Å². The van der Waals surface area contributed by atoms with Crippen LogP contribution < -0.4 is 10.2 Å². The van der Waals surface area contributed by atoms with E-state index in [0.717, 1.165) is 11.1 Å². The predicted octanol–water partition coefficient (Wildman–Crippen LogP) is 3.04. The summed E-state index contributed by atoms with van der Waals surface area (Å²) in [5.74, 6) is 0.379. The van der Waals surface area contributed by atoms with Gasteiger partial charge >= 0.3 is 0 Å². The largest absolute Gasteiger partial charge is 0.497 e. The number of aliphatic hydroxyl groups is 1. The molecule has 4 rings (SSSR count). The first-order valence-electron chi connectivity index (χ1n) is 9.18. The average Bonchev–Trinajstić information content (AvgIpc) is 2.99. The molecule has 0 bridgehead atoms. The first kappa shape index (κ1) is 18.3. The van der Waals surface area contributed by atoms with Crippen molar-refractivity contribution in [3.05, 3.63) is 75.1 Å². The summed E-state index contributed by atoms with van der Waals surface area (Å²) in [6.07, 6.45) is 0.410. The lowest BCUT2D eigenvalue weighted by atomic mass is 9.98. The van der Waals surface area contributed by atoms with Crippen LogP contribution in [-0.4, -0.2) is 36.2 Å². The van der Waals surface area contributed by atoms with E-state index in [9.17, 15) is 14.7 Å². The predicted molar refractivity (Wildman–Crippen MR) is 105 cm³/mol. The molecule has 144 valence electrons. The molecule has 28 heavy (non-hydrogen) atoms. The Kier molecular flexibility index (Phi) is 4.65. The van der Waals surface area contributed by atoms with E-state index in [2.05, 4.69) is 0 Å². The van der Waals surface area contributed by atoms with Crippen LogP contribution in [-0.2, 0) is 0 Å². The molecule has 6 nitrogen and oxygen atoms in total. The minimum Gasteiger partial charge on any atom is -0.497 e. The van der Waals surface area contributed by atoms with Gasteiger partial charge < -0.3 is 19.2 Å². The number of benzene rings is 2. The third kappa shape index (κ3) is 2.86. The number of rotatable bonds is 5. The fourth-order valence-electron chi connectivity index (χ4n) is 3.76. The Balaban J connectivity index is 1.97. The van der Waals surface area contributed by atoms with Crippen LogP contribution in [0.5, 0.6) is 5.75 Å². The third-order valence-electron chi connectivity index (χ3n) is 5.09. The van der Waals surface area contributed by atoms with Crippen molar-refractivity contribution >= 4 is 16.9 Å². The Morgan fingerprint density at radius 3 is 2.75 bits per heavy atom. The van der Waals surface area contributed by atoms with Gasteiger partial charge in [0.05, 0.1) is 24.1 Å². The molecule has 0 aliphatic carbocycles. The number of ether oxygens (including phenoxy) is 1. The van der Waals surface area contributed by atoms with Crippen LogP contribution in [0.25, 0.3) is 11.0 Å². The standard InChI is InChI=1S/C22H21NO5/c1-13-7-8-17-16(11-13)20(25)18-19(14-5-3-6-15(12-14)27-2)23(9-4-10-24)22(26)21(18)28-17/h3,5-8,11-12,19,24H,4,9-10H2,1-2H3/t19-/m0/s1. The summed E-state index contributed by atoms with van der Waals surface area (Å²) in [5.41, 5.74) is 2.25. The normalized spacial score (nSPS) is 15.9. The number of fused-ring (bicyclic) bond motifs is 2. The van der Waals surface area contributed by atoms with E-state index in [1.165, 1.54) is 0 Å². The highest BCUT2D eigenvalue weighted by atomic mass is 16.5. The molecule has 0 radical (unpaired) electrons. The van der Waals surface area contributed by atoms with Crippen molar-refractivity contribution in [1.29, 1.82) is 0 Å². The molecular formula is C22H21NO5. The molecule has 2 heterocycles. The number of aliphatic hydroxyl groups excluding tert-OH is 1. The molecule has 1 aliphatic heterocycles. The molecular weight excluding hydrogens is 358 g/mol. The summed E-state index contributed by atoms with van der Waals surface area (Å²) in [6.45, 7) is 2.17. The number of hydrogen-bond donors (Lipinski definition) is 1. The number of carbonyl (C=O) groups is 1. The second kappa shape index (κ2) is 7.13. The lowest BCUT2D eigenvalue weighted by Gasteiger charge is -2.25. The third-order valence-corrected chi connectivity index (χ3v) is 5.09. The second-order valence-corrected chi connectivity index (χ2v) is 6.93. The highest BCUT2D eigenvalue weighted by Gasteiger charge is 2.42. The first-order chi connectivity index (χ1) is 13.5. The monoisotopic (exact) mass is 379 g/mol. The van der Waals surface area contributed by atoms with Crippen molar-refractivity contribution in [2.24, 2.45) is 0 Å². The van der Waals surface area contributed by atoms with E-state index in [1.807, 2.05) is 37.3 Å². The van der Waals surface area contributed by atoms with Crippen molar-refractivity contribution < 1.29 is 19.1 Å². The van der Waals surface area contributed by atoms with Gasteiger partial charge in [-0.1, -0.05) is 23.8 Å². The van der Waals surface area contributed by atoms with Gasteiger partial charge in [0.25, 0.3) is 5.91 Å². The molecule has 1 N–H and O–H groups in total.